The summed E-state index contributed by atoms with van der Waals surface area (Å²) >= 11 is 0. The number of aliphatic hydroxyl groups is 1. The van der Waals surface area contributed by atoms with Crippen molar-refractivity contribution in [2.24, 2.45) is 5.92 Å². The molecule has 0 aromatic carbocycles. The molecule has 80 valence electrons. The van der Waals surface area contributed by atoms with Gasteiger partial charge in [-0.1, -0.05) is 13.8 Å². The van der Waals surface area contributed by atoms with Crippen LogP contribution in [0.15, 0.2) is 18.5 Å². The summed E-state index contributed by atoms with van der Waals surface area (Å²) in [4.78, 5) is 3.00. The minimum Gasteiger partial charge on any atom is -0.392 e. The van der Waals surface area contributed by atoms with E-state index in [0.29, 0.717) is 12.5 Å². The lowest BCUT2D eigenvalue weighted by atomic mass is 10.1. The molecule has 14 heavy (non-hydrogen) atoms. The molecule has 0 aliphatic heterocycles. The second-order valence-corrected chi connectivity index (χ2v) is 4.13. The molecule has 0 amide bonds. The van der Waals surface area contributed by atoms with E-state index >= 15 is 0 Å². The SMILES string of the molecule is CC(C)CC(O)CNCc1cc[nH]c1. The molecule has 0 radical (unpaired) electrons. The fourth-order valence-electron chi connectivity index (χ4n) is 1.48. The highest BCUT2D eigenvalue weighted by Gasteiger charge is 2.05. The van der Waals surface area contributed by atoms with Gasteiger partial charge >= 0.3 is 0 Å². The van der Waals surface area contributed by atoms with Gasteiger partial charge in [-0.2, -0.15) is 0 Å². The van der Waals surface area contributed by atoms with E-state index < -0.39 is 0 Å². The molecule has 1 rings (SSSR count). The zero-order valence-electron chi connectivity index (χ0n) is 8.96. The molecular weight excluding hydrogens is 176 g/mol. The van der Waals surface area contributed by atoms with Crippen molar-refractivity contribution in [3.05, 3.63) is 24.0 Å². The number of hydrogen-bond donors (Lipinski definition) is 3. The lowest BCUT2D eigenvalue weighted by Crippen LogP contribution is -2.27. The summed E-state index contributed by atoms with van der Waals surface area (Å²) < 4.78 is 0. The molecule has 0 aliphatic carbocycles. The average molecular weight is 196 g/mol. The maximum Gasteiger partial charge on any atom is 0.0667 e. The molecule has 3 heteroatoms. The Morgan fingerprint density at radius 2 is 2.29 bits per heavy atom. The van der Waals surface area contributed by atoms with Gasteiger partial charge < -0.3 is 15.4 Å². The zero-order valence-corrected chi connectivity index (χ0v) is 8.96. The Hall–Kier alpha value is -0.800. The lowest BCUT2D eigenvalue weighted by Gasteiger charge is -2.13. The summed E-state index contributed by atoms with van der Waals surface area (Å²) in [5.74, 6) is 0.555. The van der Waals surface area contributed by atoms with Crippen molar-refractivity contribution in [2.75, 3.05) is 6.54 Å². The first-order valence-electron chi connectivity index (χ1n) is 5.19. The number of rotatable bonds is 6. The van der Waals surface area contributed by atoms with E-state index in [-0.39, 0.29) is 6.10 Å². The molecule has 0 saturated heterocycles. The third-order valence-electron chi connectivity index (χ3n) is 2.11. The van der Waals surface area contributed by atoms with Crippen LogP contribution in [0.1, 0.15) is 25.8 Å². The van der Waals surface area contributed by atoms with Crippen LogP contribution >= 0.6 is 0 Å². The highest BCUT2D eigenvalue weighted by molar-refractivity contribution is 5.07. The summed E-state index contributed by atoms with van der Waals surface area (Å²) in [6, 6.07) is 2.03. The molecule has 0 spiro atoms. The molecule has 1 atom stereocenters. The van der Waals surface area contributed by atoms with Crippen LogP contribution in [0, 0.1) is 5.92 Å². The Bertz CT molecular complexity index is 231. The van der Waals surface area contributed by atoms with Crippen molar-refractivity contribution >= 4 is 0 Å². The first-order valence-corrected chi connectivity index (χ1v) is 5.19. The van der Waals surface area contributed by atoms with E-state index in [9.17, 15) is 5.11 Å². The zero-order chi connectivity index (χ0) is 10.4. The van der Waals surface area contributed by atoms with Gasteiger partial charge in [-0.25, -0.2) is 0 Å². The standard InChI is InChI=1S/C11H20N2O/c1-9(2)5-11(14)8-13-7-10-3-4-12-6-10/h3-4,6,9,11-14H,5,7-8H2,1-2H3. The molecule has 3 nitrogen and oxygen atoms in total. The molecule has 0 fully saturated rings. The summed E-state index contributed by atoms with van der Waals surface area (Å²) in [5.41, 5.74) is 1.22. The van der Waals surface area contributed by atoms with Crippen molar-refractivity contribution in [1.82, 2.24) is 10.3 Å². The van der Waals surface area contributed by atoms with Crippen LogP contribution in [0.4, 0.5) is 0 Å². The predicted molar refractivity (Wildman–Crippen MR) is 58.0 cm³/mol. The fourth-order valence-corrected chi connectivity index (χ4v) is 1.48. The van der Waals surface area contributed by atoms with Gasteiger partial charge in [-0.15, -0.1) is 0 Å². The molecule has 0 saturated carbocycles. The van der Waals surface area contributed by atoms with Gasteiger partial charge in [0.25, 0.3) is 0 Å². The molecule has 0 bridgehead atoms. The highest BCUT2D eigenvalue weighted by Crippen LogP contribution is 2.03. The maximum absolute atomic E-state index is 9.58. The predicted octanol–water partition coefficient (Wildman–Crippen LogP) is 1.51. The minimum absolute atomic E-state index is 0.228. The van der Waals surface area contributed by atoms with Gasteiger partial charge in [-0.3, -0.25) is 0 Å². The van der Waals surface area contributed by atoms with Gasteiger partial charge in [0.05, 0.1) is 6.10 Å². The third kappa shape index (κ3) is 4.44. The Labute approximate surface area is 85.5 Å². The van der Waals surface area contributed by atoms with Crippen LogP contribution in [-0.2, 0) is 6.54 Å². The molecule has 1 aromatic heterocycles. The number of nitrogens with one attached hydrogen (secondary N) is 2. The summed E-state index contributed by atoms with van der Waals surface area (Å²) in [5, 5.41) is 12.8. The molecule has 1 unspecified atom stereocenters. The third-order valence-corrected chi connectivity index (χ3v) is 2.11. The van der Waals surface area contributed by atoms with Gasteiger partial charge in [0, 0.05) is 25.5 Å². The Balaban J connectivity index is 2.09. The molecule has 1 heterocycles. The van der Waals surface area contributed by atoms with Gasteiger partial charge in [0.2, 0.25) is 0 Å². The number of hydrogen-bond acceptors (Lipinski definition) is 2. The van der Waals surface area contributed by atoms with Crippen molar-refractivity contribution in [3.8, 4) is 0 Å². The van der Waals surface area contributed by atoms with E-state index in [0.717, 1.165) is 13.0 Å². The van der Waals surface area contributed by atoms with E-state index in [1.165, 1.54) is 5.56 Å². The lowest BCUT2D eigenvalue weighted by molar-refractivity contribution is 0.146. The van der Waals surface area contributed by atoms with Crippen molar-refractivity contribution in [3.63, 3.8) is 0 Å². The van der Waals surface area contributed by atoms with E-state index in [4.69, 9.17) is 0 Å². The summed E-state index contributed by atoms with van der Waals surface area (Å²) in [7, 11) is 0. The normalized spacial score (nSPS) is 13.4. The fraction of sp³-hybridized carbons (Fsp3) is 0.636. The van der Waals surface area contributed by atoms with Crippen LogP contribution in [-0.4, -0.2) is 22.7 Å². The van der Waals surface area contributed by atoms with Gasteiger partial charge in [0.1, 0.15) is 0 Å². The topological polar surface area (TPSA) is 48.0 Å². The van der Waals surface area contributed by atoms with Crippen molar-refractivity contribution in [1.29, 1.82) is 0 Å². The smallest absolute Gasteiger partial charge is 0.0667 e. The van der Waals surface area contributed by atoms with Gasteiger partial charge in [0.15, 0.2) is 0 Å². The van der Waals surface area contributed by atoms with Crippen LogP contribution in [0.25, 0.3) is 0 Å². The van der Waals surface area contributed by atoms with Crippen molar-refractivity contribution in [2.45, 2.75) is 32.9 Å². The number of aromatic nitrogens is 1. The first-order chi connectivity index (χ1) is 6.68. The van der Waals surface area contributed by atoms with Crippen LogP contribution in [0.3, 0.4) is 0 Å². The largest absolute Gasteiger partial charge is 0.392 e. The maximum atomic E-state index is 9.58. The Morgan fingerprint density at radius 3 is 2.86 bits per heavy atom. The van der Waals surface area contributed by atoms with E-state index in [2.05, 4.69) is 24.1 Å². The second kappa shape index (κ2) is 5.83. The second-order valence-electron chi connectivity index (χ2n) is 4.13. The Kier molecular flexibility index (Phi) is 4.70. The Morgan fingerprint density at radius 1 is 1.50 bits per heavy atom. The molecule has 0 aliphatic rings. The van der Waals surface area contributed by atoms with E-state index in [1.807, 2.05) is 18.5 Å². The summed E-state index contributed by atoms with van der Waals surface area (Å²) in [6.07, 6.45) is 4.50. The first kappa shape index (κ1) is 11.3. The number of aliphatic hydroxyl groups excluding tert-OH is 1. The van der Waals surface area contributed by atoms with Crippen LogP contribution in [0.2, 0.25) is 0 Å². The molecule has 1 aromatic rings. The van der Waals surface area contributed by atoms with Gasteiger partial charge in [-0.05, 0) is 24.0 Å². The molecular formula is C11H20N2O. The molecule has 3 N–H and O–H groups in total. The highest BCUT2D eigenvalue weighted by atomic mass is 16.3. The monoisotopic (exact) mass is 196 g/mol. The summed E-state index contributed by atoms with van der Waals surface area (Å²) in [6.45, 7) is 5.73. The van der Waals surface area contributed by atoms with Crippen LogP contribution < -0.4 is 5.32 Å². The van der Waals surface area contributed by atoms with E-state index in [1.54, 1.807) is 0 Å². The number of H-pyrrole nitrogens is 1. The number of aromatic amines is 1. The van der Waals surface area contributed by atoms with Crippen molar-refractivity contribution < 1.29 is 5.11 Å². The van der Waals surface area contributed by atoms with Crippen LogP contribution in [0.5, 0.6) is 0 Å². The quantitative estimate of drug-likeness (QED) is 0.646. The average Bonchev–Trinajstić information content (AvgIpc) is 2.55. The minimum atomic E-state index is -0.228.